The number of hydrogen-bond acceptors (Lipinski definition) is 3. The molecule has 64 valence electrons. The fourth-order valence-corrected chi connectivity index (χ4v) is 0.868. The van der Waals surface area contributed by atoms with Gasteiger partial charge in [-0.25, -0.2) is 0 Å². The van der Waals surface area contributed by atoms with E-state index < -0.39 is 5.54 Å². The summed E-state index contributed by atoms with van der Waals surface area (Å²) in [6.45, 7) is 7.06. The maximum absolute atomic E-state index is 10.1. The van der Waals surface area contributed by atoms with Crippen LogP contribution in [0.25, 0.3) is 0 Å². The van der Waals surface area contributed by atoms with E-state index in [1.165, 1.54) is 0 Å². The number of hydrogen-bond donors (Lipinski definition) is 3. The molecule has 0 spiro atoms. The second-order valence-corrected chi connectivity index (χ2v) is 3.11. The smallest absolute Gasteiger partial charge is 0.207 e. The quantitative estimate of drug-likeness (QED) is 0.472. The van der Waals surface area contributed by atoms with Crippen LogP contribution in [-0.4, -0.2) is 18.0 Å². The van der Waals surface area contributed by atoms with Gasteiger partial charge >= 0.3 is 0 Å². The molecule has 0 heterocycles. The minimum Gasteiger partial charge on any atom is -0.401 e. The van der Waals surface area contributed by atoms with E-state index in [1.807, 2.05) is 0 Å². The van der Waals surface area contributed by atoms with Crippen LogP contribution in [0.2, 0.25) is 0 Å². The molecule has 0 saturated carbocycles. The van der Waals surface area contributed by atoms with Gasteiger partial charge in [-0.15, -0.1) is 0 Å². The lowest BCUT2D eigenvalue weighted by atomic mass is 9.94. The topological polar surface area (TPSA) is 81.1 Å². The van der Waals surface area contributed by atoms with Crippen LogP contribution in [0.3, 0.4) is 0 Å². The zero-order valence-electron chi connectivity index (χ0n) is 6.92. The fraction of sp³-hybridized carbons (Fsp3) is 0.571. The van der Waals surface area contributed by atoms with Crippen LogP contribution < -0.4 is 16.8 Å². The summed E-state index contributed by atoms with van der Waals surface area (Å²) in [7, 11) is 0. The molecule has 1 amide bonds. The van der Waals surface area contributed by atoms with Crippen molar-refractivity contribution >= 4 is 6.41 Å². The number of nitrogens with two attached hydrogens (primary N) is 2. The highest BCUT2D eigenvalue weighted by molar-refractivity contribution is 5.48. The monoisotopic (exact) mass is 157 g/mol. The molecule has 0 radical (unpaired) electrons. The highest BCUT2D eigenvalue weighted by Crippen LogP contribution is 2.08. The normalized spacial score (nSPS) is 13.7. The van der Waals surface area contributed by atoms with Crippen molar-refractivity contribution in [3.05, 3.63) is 12.3 Å². The van der Waals surface area contributed by atoms with E-state index in [0.717, 1.165) is 0 Å². The molecule has 0 aliphatic rings. The summed E-state index contributed by atoms with van der Waals surface area (Å²) in [6.07, 6.45) is 0.567. The molecule has 0 bridgehead atoms. The third-order valence-electron chi connectivity index (χ3n) is 1.35. The summed E-state index contributed by atoms with van der Waals surface area (Å²) in [6, 6.07) is -0.375. The molecule has 11 heavy (non-hydrogen) atoms. The summed E-state index contributed by atoms with van der Waals surface area (Å²) in [5, 5.41) is 2.49. The number of carbonyl (C=O) groups excluding carboxylic acids is 1. The van der Waals surface area contributed by atoms with E-state index in [1.54, 1.807) is 13.8 Å². The van der Waals surface area contributed by atoms with Crippen LogP contribution in [0.15, 0.2) is 12.3 Å². The standard InChI is InChI=1S/C7H15N3O/c1-5(8)6(10-4-11)7(2,3)9/h4,6H,1,8-9H2,2-3H3,(H,10,11). The van der Waals surface area contributed by atoms with Crippen LogP contribution in [0, 0.1) is 0 Å². The Kier molecular flexibility index (Phi) is 3.07. The molecule has 0 aromatic rings. The molecule has 0 aromatic carbocycles. The molecule has 0 rings (SSSR count). The molecule has 1 unspecified atom stereocenters. The van der Waals surface area contributed by atoms with Crippen molar-refractivity contribution in [1.29, 1.82) is 0 Å². The first-order chi connectivity index (χ1) is 4.89. The zero-order chi connectivity index (χ0) is 9.07. The van der Waals surface area contributed by atoms with E-state index >= 15 is 0 Å². The lowest BCUT2D eigenvalue weighted by Crippen LogP contribution is -2.54. The van der Waals surface area contributed by atoms with Crippen molar-refractivity contribution in [2.24, 2.45) is 11.5 Å². The lowest BCUT2D eigenvalue weighted by Gasteiger charge is -2.29. The first-order valence-electron chi connectivity index (χ1n) is 3.32. The van der Waals surface area contributed by atoms with Crippen LogP contribution in [0.5, 0.6) is 0 Å². The van der Waals surface area contributed by atoms with Gasteiger partial charge in [0.25, 0.3) is 0 Å². The summed E-state index contributed by atoms with van der Waals surface area (Å²) < 4.78 is 0. The van der Waals surface area contributed by atoms with Gasteiger partial charge in [0.1, 0.15) is 0 Å². The van der Waals surface area contributed by atoms with Crippen molar-refractivity contribution < 1.29 is 4.79 Å². The Morgan fingerprint density at radius 1 is 1.73 bits per heavy atom. The molecular formula is C7H15N3O. The number of rotatable bonds is 4. The molecule has 0 saturated heterocycles. The predicted octanol–water partition coefficient (Wildman–Crippen LogP) is -0.689. The van der Waals surface area contributed by atoms with Crippen molar-refractivity contribution in [2.75, 3.05) is 0 Å². The Balaban J connectivity index is 4.34. The molecular weight excluding hydrogens is 142 g/mol. The highest BCUT2D eigenvalue weighted by Gasteiger charge is 2.25. The van der Waals surface area contributed by atoms with Gasteiger partial charge in [-0.3, -0.25) is 4.79 Å². The first-order valence-corrected chi connectivity index (χ1v) is 3.32. The average Bonchev–Trinajstić information content (AvgIpc) is 1.79. The Morgan fingerprint density at radius 2 is 2.18 bits per heavy atom. The largest absolute Gasteiger partial charge is 0.401 e. The zero-order valence-corrected chi connectivity index (χ0v) is 6.92. The van der Waals surface area contributed by atoms with Crippen LogP contribution in [0.1, 0.15) is 13.8 Å². The average molecular weight is 157 g/mol. The second kappa shape index (κ2) is 3.39. The molecule has 5 N–H and O–H groups in total. The summed E-state index contributed by atoms with van der Waals surface area (Å²) >= 11 is 0. The Hall–Kier alpha value is -1.03. The van der Waals surface area contributed by atoms with Crippen molar-refractivity contribution in [3.8, 4) is 0 Å². The van der Waals surface area contributed by atoms with Gasteiger partial charge in [-0.05, 0) is 13.8 Å². The van der Waals surface area contributed by atoms with Gasteiger partial charge in [-0.2, -0.15) is 0 Å². The van der Waals surface area contributed by atoms with Gasteiger partial charge in [0.2, 0.25) is 6.41 Å². The number of amides is 1. The SMILES string of the molecule is C=C(N)C(NC=O)C(C)(C)N. The van der Waals surface area contributed by atoms with E-state index in [9.17, 15) is 4.79 Å². The van der Waals surface area contributed by atoms with Gasteiger partial charge in [0.05, 0.1) is 6.04 Å². The van der Waals surface area contributed by atoms with E-state index in [-0.39, 0.29) is 6.04 Å². The summed E-state index contributed by atoms with van der Waals surface area (Å²) in [5.41, 5.74) is 10.9. The number of carbonyl (C=O) groups is 1. The molecule has 4 nitrogen and oxygen atoms in total. The fourth-order valence-electron chi connectivity index (χ4n) is 0.868. The summed E-state index contributed by atoms with van der Waals surface area (Å²) in [5.74, 6) is 0. The Labute approximate surface area is 66.6 Å². The molecule has 0 aliphatic carbocycles. The van der Waals surface area contributed by atoms with Gasteiger partial charge in [0, 0.05) is 11.2 Å². The van der Waals surface area contributed by atoms with Gasteiger partial charge in [-0.1, -0.05) is 6.58 Å². The van der Waals surface area contributed by atoms with E-state index in [2.05, 4.69) is 11.9 Å². The van der Waals surface area contributed by atoms with Gasteiger partial charge < -0.3 is 16.8 Å². The van der Waals surface area contributed by atoms with Crippen LogP contribution in [0.4, 0.5) is 0 Å². The Morgan fingerprint density at radius 3 is 2.27 bits per heavy atom. The highest BCUT2D eigenvalue weighted by atomic mass is 16.1. The first kappa shape index (κ1) is 9.97. The van der Waals surface area contributed by atoms with E-state index in [4.69, 9.17) is 11.5 Å². The van der Waals surface area contributed by atoms with Gasteiger partial charge in [0.15, 0.2) is 0 Å². The van der Waals surface area contributed by atoms with Crippen LogP contribution in [-0.2, 0) is 4.79 Å². The van der Waals surface area contributed by atoms with E-state index in [0.29, 0.717) is 12.1 Å². The maximum atomic E-state index is 10.1. The lowest BCUT2D eigenvalue weighted by molar-refractivity contribution is -0.110. The predicted molar refractivity (Wildman–Crippen MR) is 44.6 cm³/mol. The minimum absolute atomic E-state index is 0.365. The molecule has 1 atom stereocenters. The molecule has 0 fully saturated rings. The molecule has 0 aliphatic heterocycles. The van der Waals surface area contributed by atoms with Crippen molar-refractivity contribution in [1.82, 2.24) is 5.32 Å². The molecule has 4 heteroatoms. The van der Waals surface area contributed by atoms with Crippen molar-refractivity contribution in [2.45, 2.75) is 25.4 Å². The third-order valence-corrected chi connectivity index (χ3v) is 1.35. The summed E-state index contributed by atoms with van der Waals surface area (Å²) in [4.78, 5) is 10.1. The van der Waals surface area contributed by atoms with Crippen LogP contribution >= 0.6 is 0 Å². The maximum Gasteiger partial charge on any atom is 0.207 e. The Bertz CT molecular complexity index is 160. The molecule has 0 aromatic heterocycles. The third kappa shape index (κ3) is 3.04. The van der Waals surface area contributed by atoms with Crippen molar-refractivity contribution in [3.63, 3.8) is 0 Å². The number of nitrogens with one attached hydrogen (secondary N) is 1. The second-order valence-electron chi connectivity index (χ2n) is 3.11. The minimum atomic E-state index is -0.577.